The standard InChI is InChI=1S/C13H24O3/c1-3-4-9-15-13(14)10-16-12-8-6-5-7-11(12)2/h11-12H,3-10H2,1-2H3. The van der Waals surface area contributed by atoms with Crippen molar-refractivity contribution >= 4 is 5.97 Å². The summed E-state index contributed by atoms with van der Waals surface area (Å²) in [5, 5.41) is 0. The highest BCUT2D eigenvalue weighted by Crippen LogP contribution is 2.26. The summed E-state index contributed by atoms with van der Waals surface area (Å²) in [6.45, 7) is 4.93. The second-order valence-corrected chi connectivity index (χ2v) is 4.69. The van der Waals surface area contributed by atoms with E-state index in [0.717, 1.165) is 19.3 Å². The van der Waals surface area contributed by atoms with Crippen LogP contribution >= 0.6 is 0 Å². The van der Waals surface area contributed by atoms with Crippen LogP contribution in [0, 0.1) is 5.92 Å². The molecule has 0 heterocycles. The van der Waals surface area contributed by atoms with Gasteiger partial charge in [0.15, 0.2) is 0 Å². The van der Waals surface area contributed by atoms with E-state index in [-0.39, 0.29) is 18.7 Å². The van der Waals surface area contributed by atoms with E-state index in [9.17, 15) is 4.79 Å². The Morgan fingerprint density at radius 1 is 1.31 bits per heavy atom. The molecule has 1 fully saturated rings. The fraction of sp³-hybridized carbons (Fsp3) is 0.923. The zero-order chi connectivity index (χ0) is 11.8. The minimum Gasteiger partial charge on any atom is -0.464 e. The normalized spacial score (nSPS) is 25.4. The van der Waals surface area contributed by atoms with Crippen LogP contribution in [-0.2, 0) is 14.3 Å². The van der Waals surface area contributed by atoms with Gasteiger partial charge in [0.2, 0.25) is 0 Å². The number of hydrogen-bond acceptors (Lipinski definition) is 3. The Bertz CT molecular complexity index is 203. The smallest absolute Gasteiger partial charge is 0.332 e. The van der Waals surface area contributed by atoms with Gasteiger partial charge in [0, 0.05) is 0 Å². The molecule has 1 aliphatic carbocycles. The number of rotatable bonds is 6. The van der Waals surface area contributed by atoms with Crippen LogP contribution in [0.1, 0.15) is 52.4 Å². The zero-order valence-electron chi connectivity index (χ0n) is 10.5. The molecule has 16 heavy (non-hydrogen) atoms. The molecule has 2 atom stereocenters. The summed E-state index contributed by atoms with van der Waals surface area (Å²) in [6.07, 6.45) is 7.06. The minimum absolute atomic E-state index is 0.124. The van der Waals surface area contributed by atoms with Crippen LogP contribution in [0.15, 0.2) is 0 Å². The van der Waals surface area contributed by atoms with E-state index in [4.69, 9.17) is 9.47 Å². The van der Waals surface area contributed by atoms with Crippen molar-refractivity contribution in [3.8, 4) is 0 Å². The maximum absolute atomic E-state index is 11.3. The number of hydrogen-bond donors (Lipinski definition) is 0. The molecule has 0 spiro atoms. The minimum atomic E-state index is -0.216. The maximum atomic E-state index is 11.3. The third-order valence-electron chi connectivity index (χ3n) is 3.21. The third-order valence-corrected chi connectivity index (χ3v) is 3.21. The second-order valence-electron chi connectivity index (χ2n) is 4.69. The van der Waals surface area contributed by atoms with Gasteiger partial charge in [-0.25, -0.2) is 4.79 Å². The van der Waals surface area contributed by atoms with Crippen molar-refractivity contribution < 1.29 is 14.3 Å². The van der Waals surface area contributed by atoms with Gasteiger partial charge in [0.1, 0.15) is 6.61 Å². The van der Waals surface area contributed by atoms with Crippen LogP contribution in [0.5, 0.6) is 0 Å². The number of esters is 1. The second kappa shape index (κ2) is 7.66. The lowest BCUT2D eigenvalue weighted by Gasteiger charge is -2.28. The van der Waals surface area contributed by atoms with Crippen LogP contribution in [0.2, 0.25) is 0 Å². The SMILES string of the molecule is CCCCOC(=O)COC1CCCCC1C. The molecule has 0 bridgehead atoms. The highest BCUT2D eigenvalue weighted by Gasteiger charge is 2.22. The van der Waals surface area contributed by atoms with E-state index in [1.165, 1.54) is 19.3 Å². The number of carbonyl (C=O) groups excluding carboxylic acids is 1. The van der Waals surface area contributed by atoms with Crippen molar-refractivity contribution in [1.29, 1.82) is 0 Å². The van der Waals surface area contributed by atoms with Crippen molar-refractivity contribution in [3.05, 3.63) is 0 Å². The number of carbonyl (C=O) groups is 1. The molecule has 0 saturated heterocycles. The summed E-state index contributed by atoms with van der Waals surface area (Å²) in [5.41, 5.74) is 0. The quantitative estimate of drug-likeness (QED) is 0.518. The van der Waals surface area contributed by atoms with Crippen LogP contribution in [-0.4, -0.2) is 25.3 Å². The molecule has 1 rings (SSSR count). The van der Waals surface area contributed by atoms with Gasteiger partial charge in [0.05, 0.1) is 12.7 Å². The van der Waals surface area contributed by atoms with Gasteiger partial charge in [-0.1, -0.05) is 33.1 Å². The molecule has 0 amide bonds. The lowest BCUT2D eigenvalue weighted by atomic mass is 9.88. The predicted molar refractivity (Wildman–Crippen MR) is 63.2 cm³/mol. The zero-order valence-corrected chi connectivity index (χ0v) is 10.5. The highest BCUT2D eigenvalue weighted by atomic mass is 16.6. The molecule has 3 nitrogen and oxygen atoms in total. The molecule has 1 aliphatic rings. The molecule has 3 heteroatoms. The lowest BCUT2D eigenvalue weighted by molar-refractivity contribution is -0.153. The van der Waals surface area contributed by atoms with E-state index >= 15 is 0 Å². The van der Waals surface area contributed by atoms with Gasteiger partial charge in [-0.2, -0.15) is 0 Å². The van der Waals surface area contributed by atoms with Crippen molar-refractivity contribution in [1.82, 2.24) is 0 Å². The lowest BCUT2D eigenvalue weighted by Crippen LogP contribution is -2.28. The first-order chi connectivity index (χ1) is 7.74. The van der Waals surface area contributed by atoms with Crippen molar-refractivity contribution in [2.75, 3.05) is 13.2 Å². The Balaban J connectivity index is 2.10. The topological polar surface area (TPSA) is 35.5 Å². The van der Waals surface area contributed by atoms with Gasteiger partial charge >= 0.3 is 5.97 Å². The third kappa shape index (κ3) is 4.97. The van der Waals surface area contributed by atoms with Crippen molar-refractivity contribution in [2.24, 2.45) is 5.92 Å². The summed E-state index contributed by atoms with van der Waals surface area (Å²) in [4.78, 5) is 11.3. The molecule has 94 valence electrons. The number of unbranched alkanes of at least 4 members (excludes halogenated alkanes) is 1. The van der Waals surface area contributed by atoms with Crippen LogP contribution in [0.3, 0.4) is 0 Å². The Hall–Kier alpha value is -0.570. The van der Waals surface area contributed by atoms with E-state index in [1.807, 2.05) is 0 Å². The highest BCUT2D eigenvalue weighted by molar-refractivity contribution is 5.70. The Morgan fingerprint density at radius 3 is 2.75 bits per heavy atom. The predicted octanol–water partition coefficient (Wildman–Crippen LogP) is 2.93. The Kier molecular flexibility index (Phi) is 6.46. The van der Waals surface area contributed by atoms with Crippen LogP contribution in [0.25, 0.3) is 0 Å². The van der Waals surface area contributed by atoms with Gasteiger partial charge in [0.25, 0.3) is 0 Å². The fourth-order valence-electron chi connectivity index (χ4n) is 2.08. The van der Waals surface area contributed by atoms with E-state index < -0.39 is 0 Å². The first kappa shape index (κ1) is 13.5. The van der Waals surface area contributed by atoms with E-state index in [0.29, 0.717) is 12.5 Å². The van der Waals surface area contributed by atoms with Crippen molar-refractivity contribution in [2.45, 2.75) is 58.5 Å². The average molecular weight is 228 g/mol. The molecule has 0 radical (unpaired) electrons. The van der Waals surface area contributed by atoms with Gasteiger partial charge in [-0.05, 0) is 25.2 Å². The summed E-state index contributed by atoms with van der Waals surface area (Å²) in [7, 11) is 0. The molecule has 0 aromatic rings. The molecule has 0 aromatic carbocycles. The van der Waals surface area contributed by atoms with Gasteiger partial charge in [-0.3, -0.25) is 0 Å². The molecule has 0 aliphatic heterocycles. The Labute approximate surface area is 98.5 Å². The molecule has 0 N–H and O–H groups in total. The summed E-state index contributed by atoms with van der Waals surface area (Å²) in [5.74, 6) is 0.364. The molecule has 2 unspecified atom stereocenters. The maximum Gasteiger partial charge on any atom is 0.332 e. The molecule has 0 aromatic heterocycles. The first-order valence-corrected chi connectivity index (χ1v) is 6.51. The summed E-state index contributed by atoms with van der Waals surface area (Å²) in [6, 6.07) is 0. The van der Waals surface area contributed by atoms with E-state index in [2.05, 4.69) is 13.8 Å². The van der Waals surface area contributed by atoms with Gasteiger partial charge < -0.3 is 9.47 Å². The Morgan fingerprint density at radius 2 is 2.06 bits per heavy atom. The fourth-order valence-corrected chi connectivity index (χ4v) is 2.08. The van der Waals surface area contributed by atoms with Gasteiger partial charge in [-0.15, -0.1) is 0 Å². The van der Waals surface area contributed by atoms with Crippen molar-refractivity contribution in [3.63, 3.8) is 0 Å². The van der Waals surface area contributed by atoms with E-state index in [1.54, 1.807) is 0 Å². The largest absolute Gasteiger partial charge is 0.464 e. The molecular weight excluding hydrogens is 204 g/mol. The monoisotopic (exact) mass is 228 g/mol. The summed E-state index contributed by atoms with van der Waals surface area (Å²) < 4.78 is 10.7. The first-order valence-electron chi connectivity index (χ1n) is 6.51. The summed E-state index contributed by atoms with van der Waals surface area (Å²) >= 11 is 0. The average Bonchev–Trinajstić information content (AvgIpc) is 2.28. The number of ether oxygens (including phenoxy) is 2. The van der Waals surface area contributed by atoms with Crippen LogP contribution in [0.4, 0.5) is 0 Å². The van der Waals surface area contributed by atoms with Crippen LogP contribution < -0.4 is 0 Å². The molecular formula is C13H24O3. The molecule has 1 saturated carbocycles.